The number of fused-ring (bicyclic) bond motifs is 1. The zero-order chi connectivity index (χ0) is 21.8. The van der Waals surface area contributed by atoms with E-state index in [1.165, 1.54) is 11.1 Å². The van der Waals surface area contributed by atoms with Crippen LogP contribution >= 0.6 is 0 Å². The second-order valence-corrected chi connectivity index (χ2v) is 8.31. The van der Waals surface area contributed by atoms with Gasteiger partial charge in [0, 0.05) is 45.2 Å². The van der Waals surface area contributed by atoms with E-state index < -0.39 is 0 Å². The van der Waals surface area contributed by atoms with Crippen LogP contribution in [-0.4, -0.2) is 57.9 Å². The smallest absolute Gasteiger partial charge is 0.274 e. The van der Waals surface area contributed by atoms with Gasteiger partial charge in [-0.3, -0.25) is 9.69 Å². The predicted octanol–water partition coefficient (Wildman–Crippen LogP) is 2.88. The first kappa shape index (κ1) is 21.5. The van der Waals surface area contributed by atoms with Gasteiger partial charge in [0.15, 0.2) is 0 Å². The summed E-state index contributed by atoms with van der Waals surface area (Å²) < 4.78 is 6.98. The second-order valence-electron chi connectivity index (χ2n) is 8.31. The summed E-state index contributed by atoms with van der Waals surface area (Å²) in [5, 5.41) is 4.60. The largest absolute Gasteiger partial charge is 0.463 e. The van der Waals surface area contributed by atoms with E-state index in [9.17, 15) is 4.79 Å². The third kappa shape index (κ3) is 5.29. The van der Waals surface area contributed by atoms with Crippen LogP contribution in [0.3, 0.4) is 0 Å². The third-order valence-corrected chi connectivity index (χ3v) is 5.69. The highest BCUT2D eigenvalue weighted by molar-refractivity contribution is 6.01. The van der Waals surface area contributed by atoms with Crippen LogP contribution in [0.25, 0.3) is 0 Å². The van der Waals surface area contributed by atoms with Crippen molar-refractivity contribution in [3.8, 4) is 5.75 Å². The molecule has 3 heterocycles. The summed E-state index contributed by atoms with van der Waals surface area (Å²) in [5.74, 6) is 2.14. The van der Waals surface area contributed by atoms with Gasteiger partial charge >= 0.3 is 0 Å². The topological polar surface area (TPSA) is 63.0 Å². The number of rotatable bonds is 7. The fourth-order valence-electron chi connectivity index (χ4n) is 4.16. The molecule has 2 aliphatic rings. The highest BCUT2D eigenvalue weighted by Gasteiger charge is 2.20. The van der Waals surface area contributed by atoms with E-state index in [0.717, 1.165) is 74.2 Å². The summed E-state index contributed by atoms with van der Waals surface area (Å²) in [4.78, 5) is 22.4. The molecule has 0 atom stereocenters. The lowest BCUT2D eigenvalue weighted by Crippen LogP contribution is -2.46. The minimum Gasteiger partial charge on any atom is -0.463 e. The molecule has 2 aliphatic heterocycles. The van der Waals surface area contributed by atoms with Gasteiger partial charge in [0.1, 0.15) is 11.6 Å². The molecule has 0 radical (unpaired) electrons. The van der Waals surface area contributed by atoms with Crippen molar-refractivity contribution < 1.29 is 4.74 Å². The monoisotopic (exact) mass is 421 g/mol. The van der Waals surface area contributed by atoms with Gasteiger partial charge in [-0.15, -0.1) is 0 Å². The van der Waals surface area contributed by atoms with Crippen molar-refractivity contribution in [2.45, 2.75) is 39.7 Å². The Hall–Kier alpha value is -2.77. The molecule has 0 unspecified atom stereocenters. The SMILES string of the molecule is C=C(C)Oc1ccc(C2=Nn3c(nc(CN4CCN(CCC)CC4)cc3=O)CC2)cc1. The lowest BCUT2D eigenvalue weighted by Gasteiger charge is -2.34. The van der Waals surface area contributed by atoms with Gasteiger partial charge < -0.3 is 9.64 Å². The van der Waals surface area contributed by atoms with Crippen molar-refractivity contribution in [3.63, 3.8) is 0 Å². The maximum absolute atomic E-state index is 12.8. The number of nitrogens with zero attached hydrogens (tertiary/aromatic N) is 5. The molecular formula is C24H31N5O2. The van der Waals surface area contributed by atoms with E-state index in [0.29, 0.717) is 12.2 Å². The number of hydrogen-bond acceptors (Lipinski definition) is 6. The minimum atomic E-state index is -0.107. The summed E-state index contributed by atoms with van der Waals surface area (Å²) in [6, 6.07) is 9.36. The van der Waals surface area contributed by atoms with Crippen LogP contribution in [0.2, 0.25) is 0 Å². The van der Waals surface area contributed by atoms with Crippen LogP contribution in [0.1, 0.15) is 43.8 Å². The van der Waals surface area contributed by atoms with Crippen molar-refractivity contribution in [2.75, 3.05) is 32.7 Å². The Morgan fingerprint density at radius 2 is 1.81 bits per heavy atom. The summed E-state index contributed by atoms with van der Waals surface area (Å²) >= 11 is 0. The van der Waals surface area contributed by atoms with Gasteiger partial charge in [0.2, 0.25) is 0 Å². The number of hydrogen-bond donors (Lipinski definition) is 0. The molecule has 1 aromatic carbocycles. The van der Waals surface area contributed by atoms with Crippen LogP contribution in [0.5, 0.6) is 5.75 Å². The Kier molecular flexibility index (Phi) is 6.63. The maximum atomic E-state index is 12.8. The molecule has 31 heavy (non-hydrogen) atoms. The Morgan fingerprint density at radius 1 is 1.10 bits per heavy atom. The highest BCUT2D eigenvalue weighted by Crippen LogP contribution is 2.19. The summed E-state index contributed by atoms with van der Waals surface area (Å²) in [6.07, 6.45) is 2.65. The van der Waals surface area contributed by atoms with E-state index in [4.69, 9.17) is 9.72 Å². The quantitative estimate of drug-likeness (QED) is 0.644. The maximum Gasteiger partial charge on any atom is 0.274 e. The molecule has 0 N–H and O–H groups in total. The zero-order valence-corrected chi connectivity index (χ0v) is 18.5. The zero-order valence-electron chi connectivity index (χ0n) is 18.5. The Bertz CT molecular complexity index is 1020. The van der Waals surface area contributed by atoms with E-state index in [2.05, 4.69) is 28.4 Å². The first-order valence-corrected chi connectivity index (χ1v) is 11.1. The molecule has 4 rings (SSSR count). The van der Waals surface area contributed by atoms with Crippen molar-refractivity contribution in [3.05, 3.63) is 70.1 Å². The lowest BCUT2D eigenvalue weighted by atomic mass is 10.0. The molecular weight excluding hydrogens is 390 g/mol. The summed E-state index contributed by atoms with van der Waals surface area (Å²) in [7, 11) is 0. The number of allylic oxidation sites excluding steroid dienone is 1. The molecule has 1 aromatic heterocycles. The highest BCUT2D eigenvalue weighted by atomic mass is 16.5. The molecule has 0 saturated carbocycles. The molecule has 0 aliphatic carbocycles. The van der Waals surface area contributed by atoms with Crippen molar-refractivity contribution in [2.24, 2.45) is 5.10 Å². The van der Waals surface area contributed by atoms with E-state index in [1.54, 1.807) is 6.07 Å². The van der Waals surface area contributed by atoms with Crippen LogP contribution in [0.15, 0.2) is 52.6 Å². The Morgan fingerprint density at radius 3 is 2.48 bits per heavy atom. The molecule has 7 heteroatoms. The summed E-state index contributed by atoms with van der Waals surface area (Å²) in [5.41, 5.74) is 2.61. The number of aryl methyl sites for hydroxylation is 1. The molecule has 1 fully saturated rings. The normalized spacial score (nSPS) is 17.2. The van der Waals surface area contributed by atoms with Crippen molar-refractivity contribution in [1.29, 1.82) is 0 Å². The Balaban J connectivity index is 1.46. The third-order valence-electron chi connectivity index (χ3n) is 5.69. The van der Waals surface area contributed by atoms with Gasteiger partial charge in [-0.1, -0.05) is 13.5 Å². The van der Waals surface area contributed by atoms with E-state index >= 15 is 0 Å². The molecule has 0 amide bonds. The second kappa shape index (κ2) is 9.58. The van der Waals surface area contributed by atoms with Crippen molar-refractivity contribution in [1.82, 2.24) is 19.5 Å². The Labute approximate surface area is 183 Å². The van der Waals surface area contributed by atoms with Gasteiger partial charge in [-0.25, -0.2) is 4.98 Å². The fourth-order valence-corrected chi connectivity index (χ4v) is 4.16. The molecule has 164 valence electrons. The van der Waals surface area contributed by atoms with Crippen LogP contribution < -0.4 is 10.3 Å². The standard InChI is InChI=1S/C24H31N5O2/c1-4-11-27-12-14-28(15-13-27)17-20-16-24(30)29-23(25-20)10-9-22(26-29)19-5-7-21(8-6-19)31-18(2)3/h5-8,16H,2,4,9-15,17H2,1,3H3. The van der Waals surface area contributed by atoms with Crippen molar-refractivity contribution >= 4 is 5.71 Å². The fraction of sp³-hybridized carbons (Fsp3) is 0.458. The molecule has 0 bridgehead atoms. The average molecular weight is 422 g/mol. The van der Waals surface area contributed by atoms with Crippen LogP contribution in [0.4, 0.5) is 0 Å². The van der Waals surface area contributed by atoms with Crippen LogP contribution in [0, 0.1) is 0 Å². The molecule has 1 saturated heterocycles. The predicted molar refractivity (Wildman–Crippen MR) is 123 cm³/mol. The van der Waals surface area contributed by atoms with E-state index in [1.807, 2.05) is 31.2 Å². The van der Waals surface area contributed by atoms with Gasteiger partial charge in [-0.2, -0.15) is 9.78 Å². The van der Waals surface area contributed by atoms with E-state index in [-0.39, 0.29) is 5.56 Å². The number of piperazine rings is 1. The average Bonchev–Trinajstić information content (AvgIpc) is 2.75. The lowest BCUT2D eigenvalue weighted by molar-refractivity contribution is 0.126. The molecule has 7 nitrogen and oxygen atoms in total. The van der Waals surface area contributed by atoms with Gasteiger partial charge in [-0.05, 0) is 56.1 Å². The first-order chi connectivity index (χ1) is 15.0. The molecule has 2 aromatic rings. The molecule has 0 spiro atoms. The number of aromatic nitrogens is 2. The van der Waals surface area contributed by atoms with Crippen LogP contribution in [-0.2, 0) is 13.0 Å². The van der Waals surface area contributed by atoms with Gasteiger partial charge in [0.25, 0.3) is 5.56 Å². The first-order valence-electron chi connectivity index (χ1n) is 11.1. The minimum absolute atomic E-state index is 0.107. The van der Waals surface area contributed by atoms with Gasteiger partial charge in [0.05, 0.1) is 17.2 Å². The summed E-state index contributed by atoms with van der Waals surface area (Å²) in [6.45, 7) is 13.9. The number of ether oxygens (including phenoxy) is 1. The number of benzene rings is 1.